The molecule has 1 aliphatic heterocycles. The van der Waals surface area contributed by atoms with Gasteiger partial charge >= 0.3 is 0 Å². The number of nitrogens with one attached hydrogen (secondary N) is 4. The van der Waals surface area contributed by atoms with Crippen molar-refractivity contribution in [1.82, 2.24) is 19.9 Å². The molecule has 0 bridgehead atoms. The van der Waals surface area contributed by atoms with Crippen LogP contribution in [0.4, 0.5) is 22.7 Å². The smallest absolute Gasteiger partial charge is 0.263 e. The monoisotopic (exact) mass is 487 g/mol. The summed E-state index contributed by atoms with van der Waals surface area (Å²) in [4.78, 5) is 40.4. The molecule has 4 aromatic rings. The molecule has 10 nitrogen and oxygen atoms in total. The van der Waals surface area contributed by atoms with E-state index >= 15 is 0 Å². The van der Waals surface area contributed by atoms with Gasteiger partial charge in [0.2, 0.25) is 0 Å². The fourth-order valence-electron chi connectivity index (χ4n) is 4.43. The average Bonchev–Trinajstić information content (AvgIpc) is 3.38. The second kappa shape index (κ2) is 10.6. The van der Waals surface area contributed by atoms with Crippen molar-refractivity contribution in [3.8, 4) is 0 Å². The Hall–Kier alpha value is -4.15. The number of hydrogen-bond acceptors (Lipinski definition) is 7. The van der Waals surface area contributed by atoms with Gasteiger partial charge in [0, 0.05) is 69.0 Å². The number of fused-ring (bicyclic) bond motifs is 1. The lowest BCUT2D eigenvalue weighted by Gasteiger charge is -2.36. The molecule has 0 unspecified atom stereocenters. The summed E-state index contributed by atoms with van der Waals surface area (Å²) < 4.78 is 5.17. The number of anilines is 4. The maximum Gasteiger partial charge on any atom is 0.263 e. The third kappa shape index (κ3) is 5.09. The molecule has 4 heterocycles. The Bertz CT molecular complexity index is 1390. The predicted molar refractivity (Wildman–Crippen MR) is 141 cm³/mol. The zero-order chi connectivity index (χ0) is 24.9. The lowest BCUT2D eigenvalue weighted by Crippen LogP contribution is -2.47. The number of rotatable bonds is 8. The zero-order valence-electron chi connectivity index (χ0n) is 20.1. The van der Waals surface area contributed by atoms with Crippen molar-refractivity contribution < 1.29 is 9.53 Å². The van der Waals surface area contributed by atoms with E-state index in [0.717, 1.165) is 55.9 Å². The molecule has 36 heavy (non-hydrogen) atoms. The third-order valence-corrected chi connectivity index (χ3v) is 6.41. The minimum atomic E-state index is -0.493. The number of amides is 1. The fourth-order valence-corrected chi connectivity index (χ4v) is 4.43. The van der Waals surface area contributed by atoms with Gasteiger partial charge in [0.1, 0.15) is 5.56 Å². The molecule has 5 rings (SSSR count). The molecule has 186 valence electrons. The van der Waals surface area contributed by atoms with Crippen molar-refractivity contribution in [1.29, 1.82) is 0 Å². The number of carbonyl (C=O) groups is 1. The van der Waals surface area contributed by atoms with Crippen LogP contribution in [0.3, 0.4) is 0 Å². The molecule has 1 aromatic carbocycles. The summed E-state index contributed by atoms with van der Waals surface area (Å²) in [5.74, 6) is -0.493. The van der Waals surface area contributed by atoms with Gasteiger partial charge in [0.25, 0.3) is 11.5 Å². The van der Waals surface area contributed by atoms with Crippen molar-refractivity contribution >= 4 is 39.6 Å². The van der Waals surface area contributed by atoms with E-state index in [2.05, 4.69) is 35.4 Å². The van der Waals surface area contributed by atoms with Crippen LogP contribution in [0.2, 0.25) is 0 Å². The minimum absolute atomic E-state index is 0.00120. The fraction of sp³-hybridized carbons (Fsp3) is 0.269. The van der Waals surface area contributed by atoms with Gasteiger partial charge in [-0.3, -0.25) is 19.5 Å². The second-order valence-corrected chi connectivity index (χ2v) is 8.67. The molecule has 1 aliphatic rings. The molecule has 1 fully saturated rings. The molecule has 1 saturated heterocycles. The number of aromatic nitrogens is 3. The second-order valence-electron chi connectivity index (χ2n) is 8.67. The number of pyridine rings is 2. The van der Waals surface area contributed by atoms with Crippen LogP contribution in [0, 0.1) is 0 Å². The van der Waals surface area contributed by atoms with Crippen LogP contribution >= 0.6 is 0 Å². The standard InChI is InChI=1S/C26H29N7O3/c1-36-15-14-32-10-12-33(13-11-32)19-4-2-18(3-5-19)30-26(35)24-21(7-9-29-25(24)34)31-23-17-27-16-22-20(23)6-8-28-22/h2-9,16-17,28H,10-15H2,1H3,(H,30,35)(H2,29,31,34). The van der Waals surface area contributed by atoms with E-state index in [1.807, 2.05) is 36.5 Å². The summed E-state index contributed by atoms with van der Waals surface area (Å²) in [5.41, 5.74) is 3.19. The molecule has 1 amide bonds. The predicted octanol–water partition coefficient (Wildman–Crippen LogP) is 3.02. The quantitative estimate of drug-likeness (QED) is 0.302. The van der Waals surface area contributed by atoms with Gasteiger partial charge in [-0.05, 0) is 36.4 Å². The summed E-state index contributed by atoms with van der Waals surface area (Å²) in [7, 11) is 1.73. The Morgan fingerprint density at radius 2 is 1.78 bits per heavy atom. The first-order valence-electron chi connectivity index (χ1n) is 11.9. The van der Waals surface area contributed by atoms with Crippen LogP contribution in [-0.4, -0.2) is 72.2 Å². The van der Waals surface area contributed by atoms with Gasteiger partial charge in [-0.15, -0.1) is 0 Å². The first kappa shape index (κ1) is 23.6. The van der Waals surface area contributed by atoms with Crippen LogP contribution in [0.25, 0.3) is 10.9 Å². The first-order valence-corrected chi connectivity index (χ1v) is 11.9. The zero-order valence-corrected chi connectivity index (χ0v) is 20.1. The van der Waals surface area contributed by atoms with Crippen molar-refractivity contribution in [3.05, 3.63) is 77.1 Å². The van der Waals surface area contributed by atoms with Crippen LogP contribution < -0.4 is 21.1 Å². The lowest BCUT2D eigenvalue weighted by atomic mass is 10.1. The average molecular weight is 488 g/mol. The normalized spacial score (nSPS) is 14.2. The summed E-state index contributed by atoms with van der Waals surface area (Å²) in [6.45, 7) is 5.54. The van der Waals surface area contributed by atoms with Gasteiger partial charge in [0.05, 0.1) is 35.9 Å². The number of aromatic amines is 2. The highest BCUT2D eigenvalue weighted by atomic mass is 16.5. The van der Waals surface area contributed by atoms with Gasteiger partial charge < -0.3 is 30.2 Å². The molecular weight excluding hydrogens is 458 g/mol. The molecule has 10 heteroatoms. The van der Waals surface area contributed by atoms with Crippen molar-refractivity contribution in [2.75, 3.05) is 62.0 Å². The maximum atomic E-state index is 13.1. The highest BCUT2D eigenvalue weighted by Gasteiger charge is 2.19. The van der Waals surface area contributed by atoms with Crippen molar-refractivity contribution in [2.24, 2.45) is 0 Å². The largest absolute Gasteiger partial charge is 0.383 e. The number of methoxy groups -OCH3 is 1. The summed E-state index contributed by atoms with van der Waals surface area (Å²) in [6.07, 6.45) is 6.70. The van der Waals surface area contributed by atoms with E-state index < -0.39 is 11.5 Å². The van der Waals surface area contributed by atoms with E-state index in [-0.39, 0.29) is 5.56 Å². The van der Waals surface area contributed by atoms with Crippen LogP contribution in [0.1, 0.15) is 10.4 Å². The van der Waals surface area contributed by atoms with Crippen LogP contribution in [-0.2, 0) is 4.74 Å². The van der Waals surface area contributed by atoms with Gasteiger partial charge in [0.15, 0.2) is 0 Å². The van der Waals surface area contributed by atoms with Crippen molar-refractivity contribution in [2.45, 2.75) is 0 Å². The van der Waals surface area contributed by atoms with Gasteiger partial charge in [-0.1, -0.05) is 0 Å². The Morgan fingerprint density at radius 1 is 1.00 bits per heavy atom. The third-order valence-electron chi connectivity index (χ3n) is 6.41. The minimum Gasteiger partial charge on any atom is -0.383 e. The van der Waals surface area contributed by atoms with Gasteiger partial charge in [-0.2, -0.15) is 0 Å². The number of carbonyl (C=O) groups excluding carboxylic acids is 1. The van der Waals surface area contributed by atoms with E-state index in [0.29, 0.717) is 17.1 Å². The Balaban J connectivity index is 1.28. The van der Waals surface area contributed by atoms with Crippen molar-refractivity contribution in [3.63, 3.8) is 0 Å². The number of ether oxygens (including phenoxy) is 1. The SMILES string of the molecule is COCCN1CCN(c2ccc(NC(=O)c3c(Nc4cncc5[nH]ccc45)cc[nH]c3=O)cc2)CC1. The molecule has 0 saturated carbocycles. The van der Waals surface area contributed by atoms with E-state index in [1.165, 1.54) is 6.20 Å². The van der Waals surface area contributed by atoms with E-state index in [4.69, 9.17) is 4.74 Å². The molecule has 0 radical (unpaired) electrons. The van der Waals surface area contributed by atoms with Crippen LogP contribution in [0.5, 0.6) is 0 Å². The topological polar surface area (TPSA) is 118 Å². The lowest BCUT2D eigenvalue weighted by molar-refractivity contribution is 0.102. The molecule has 0 spiro atoms. The number of hydrogen-bond donors (Lipinski definition) is 4. The maximum absolute atomic E-state index is 13.1. The Labute approximate surface area is 208 Å². The molecule has 0 aliphatic carbocycles. The number of benzene rings is 1. The van der Waals surface area contributed by atoms with E-state index in [9.17, 15) is 9.59 Å². The summed E-state index contributed by atoms with van der Waals surface area (Å²) >= 11 is 0. The number of nitrogens with zero attached hydrogens (tertiary/aromatic N) is 3. The Kier molecular flexibility index (Phi) is 6.96. The summed E-state index contributed by atoms with van der Waals surface area (Å²) in [6, 6.07) is 11.3. The van der Waals surface area contributed by atoms with Gasteiger partial charge in [-0.25, -0.2) is 0 Å². The number of H-pyrrole nitrogens is 2. The number of piperazine rings is 1. The summed E-state index contributed by atoms with van der Waals surface area (Å²) in [5, 5.41) is 6.96. The molecule has 0 atom stereocenters. The highest BCUT2D eigenvalue weighted by molar-refractivity contribution is 6.08. The molecule has 4 N–H and O–H groups in total. The first-order chi connectivity index (χ1) is 17.6. The Morgan fingerprint density at radius 3 is 2.56 bits per heavy atom. The van der Waals surface area contributed by atoms with Crippen LogP contribution in [0.15, 0.2) is 66.0 Å². The molecular formula is C26H29N7O3. The van der Waals surface area contributed by atoms with E-state index in [1.54, 1.807) is 25.6 Å². The highest BCUT2D eigenvalue weighted by Crippen LogP contribution is 2.26. The molecule has 3 aromatic heterocycles.